The number of benzene rings is 1. The van der Waals surface area contributed by atoms with E-state index < -0.39 is 0 Å². The van der Waals surface area contributed by atoms with Crippen LogP contribution >= 0.6 is 22.9 Å². The molecule has 2 nitrogen and oxygen atoms in total. The number of hydrogen-bond donors (Lipinski definition) is 0. The second kappa shape index (κ2) is 4.15. The molecule has 0 spiro atoms. The second-order valence-corrected chi connectivity index (χ2v) is 5.39. The summed E-state index contributed by atoms with van der Waals surface area (Å²) in [6, 6.07) is 10.6. The lowest BCUT2D eigenvalue weighted by atomic mass is 10.1. The number of alkyl halides is 1. The van der Waals surface area contributed by atoms with Crippen molar-refractivity contribution in [1.29, 1.82) is 0 Å². The molecular weight excluding hydrogens is 240 g/mol. The molecule has 1 aromatic carbocycles. The van der Waals surface area contributed by atoms with Crippen LogP contribution in [0.5, 0.6) is 0 Å². The predicted molar refractivity (Wildman–Crippen MR) is 66.0 cm³/mol. The van der Waals surface area contributed by atoms with Crippen molar-refractivity contribution in [1.82, 2.24) is 10.2 Å². The summed E-state index contributed by atoms with van der Waals surface area (Å²) >= 11 is 7.37. The zero-order valence-corrected chi connectivity index (χ0v) is 10.2. The topological polar surface area (TPSA) is 25.8 Å². The summed E-state index contributed by atoms with van der Waals surface area (Å²) in [6.07, 6.45) is 1.20. The van der Waals surface area contributed by atoms with E-state index in [1.54, 1.807) is 11.3 Å². The molecule has 0 saturated heterocycles. The van der Waals surface area contributed by atoms with Crippen molar-refractivity contribution >= 4 is 22.9 Å². The summed E-state index contributed by atoms with van der Waals surface area (Å²) < 4.78 is 0. The molecule has 2 unspecified atom stereocenters. The summed E-state index contributed by atoms with van der Waals surface area (Å²) in [5, 5.41) is 10.3. The summed E-state index contributed by atoms with van der Waals surface area (Å²) in [5.74, 6) is 1.68. The Labute approximate surface area is 103 Å². The molecule has 3 rings (SSSR count). The van der Waals surface area contributed by atoms with Gasteiger partial charge in [0.05, 0.1) is 5.88 Å². The third kappa shape index (κ3) is 1.85. The van der Waals surface area contributed by atoms with Crippen LogP contribution in [-0.2, 0) is 5.88 Å². The van der Waals surface area contributed by atoms with Gasteiger partial charge < -0.3 is 0 Å². The maximum atomic E-state index is 5.73. The standard InChI is InChI=1S/C12H11ClN2S/c13-7-11-14-15-12(16-11)10-6-9(10)8-4-2-1-3-5-8/h1-5,9-10H,6-7H2. The Morgan fingerprint density at radius 3 is 2.69 bits per heavy atom. The van der Waals surface area contributed by atoms with Crippen LogP contribution in [0.3, 0.4) is 0 Å². The summed E-state index contributed by atoms with van der Waals surface area (Å²) in [6.45, 7) is 0. The molecule has 1 heterocycles. The molecule has 0 bridgehead atoms. The van der Waals surface area contributed by atoms with Gasteiger partial charge in [-0.2, -0.15) is 0 Å². The molecular formula is C12H11ClN2S. The molecule has 2 atom stereocenters. The molecule has 1 fully saturated rings. The van der Waals surface area contributed by atoms with Crippen molar-refractivity contribution in [3.05, 3.63) is 45.9 Å². The van der Waals surface area contributed by atoms with Gasteiger partial charge in [-0.15, -0.1) is 21.8 Å². The quantitative estimate of drug-likeness (QED) is 0.779. The lowest BCUT2D eigenvalue weighted by Gasteiger charge is -1.96. The minimum Gasteiger partial charge on any atom is -0.143 e. The Morgan fingerprint density at radius 2 is 2.00 bits per heavy atom. The van der Waals surface area contributed by atoms with Crippen molar-refractivity contribution < 1.29 is 0 Å². The minimum absolute atomic E-state index is 0.473. The SMILES string of the molecule is ClCc1nnc(C2CC2c2ccccc2)s1. The Morgan fingerprint density at radius 1 is 1.19 bits per heavy atom. The first-order valence-corrected chi connectivity index (χ1v) is 6.67. The number of hydrogen-bond acceptors (Lipinski definition) is 3. The van der Waals surface area contributed by atoms with E-state index in [-0.39, 0.29) is 0 Å². The monoisotopic (exact) mass is 250 g/mol. The normalized spacial score (nSPS) is 23.3. The average Bonchev–Trinajstić information content (AvgIpc) is 3.01. The van der Waals surface area contributed by atoms with E-state index in [0.717, 1.165) is 10.0 Å². The van der Waals surface area contributed by atoms with Gasteiger partial charge in [0.25, 0.3) is 0 Å². The number of rotatable bonds is 3. The van der Waals surface area contributed by atoms with E-state index in [4.69, 9.17) is 11.6 Å². The van der Waals surface area contributed by atoms with Gasteiger partial charge in [0.1, 0.15) is 10.0 Å². The number of halogens is 1. The highest BCUT2D eigenvalue weighted by molar-refractivity contribution is 7.11. The van der Waals surface area contributed by atoms with Gasteiger partial charge in [-0.25, -0.2) is 0 Å². The van der Waals surface area contributed by atoms with Gasteiger partial charge in [0, 0.05) is 5.92 Å². The van der Waals surface area contributed by atoms with E-state index in [0.29, 0.717) is 17.7 Å². The molecule has 1 aromatic heterocycles. The van der Waals surface area contributed by atoms with Gasteiger partial charge >= 0.3 is 0 Å². The molecule has 1 saturated carbocycles. The Kier molecular flexibility index (Phi) is 2.65. The molecule has 0 amide bonds. The second-order valence-electron chi connectivity index (χ2n) is 4.03. The van der Waals surface area contributed by atoms with E-state index in [1.165, 1.54) is 12.0 Å². The van der Waals surface area contributed by atoms with Crippen molar-refractivity contribution in [2.24, 2.45) is 0 Å². The first kappa shape index (κ1) is 10.2. The van der Waals surface area contributed by atoms with Crippen LogP contribution in [0.1, 0.15) is 33.8 Å². The molecule has 16 heavy (non-hydrogen) atoms. The van der Waals surface area contributed by atoms with Crippen LogP contribution in [0.15, 0.2) is 30.3 Å². The summed E-state index contributed by atoms with van der Waals surface area (Å²) in [5.41, 5.74) is 1.41. The fourth-order valence-corrected chi connectivity index (χ4v) is 3.10. The molecule has 0 radical (unpaired) electrons. The van der Waals surface area contributed by atoms with Crippen LogP contribution in [0.25, 0.3) is 0 Å². The van der Waals surface area contributed by atoms with Gasteiger partial charge in [0.2, 0.25) is 0 Å². The van der Waals surface area contributed by atoms with Gasteiger partial charge in [-0.3, -0.25) is 0 Å². The predicted octanol–water partition coefficient (Wildman–Crippen LogP) is 3.55. The first-order chi connectivity index (χ1) is 7.88. The van der Waals surface area contributed by atoms with E-state index >= 15 is 0 Å². The van der Waals surface area contributed by atoms with E-state index in [9.17, 15) is 0 Å². The van der Waals surface area contributed by atoms with Crippen LogP contribution < -0.4 is 0 Å². The summed E-state index contributed by atoms with van der Waals surface area (Å²) in [4.78, 5) is 0. The highest BCUT2D eigenvalue weighted by atomic mass is 35.5. The lowest BCUT2D eigenvalue weighted by Crippen LogP contribution is -1.83. The van der Waals surface area contributed by atoms with Crippen molar-refractivity contribution in [3.63, 3.8) is 0 Å². The Balaban J connectivity index is 1.76. The molecule has 1 aliphatic rings. The Hall–Kier alpha value is -0.930. The first-order valence-electron chi connectivity index (χ1n) is 5.31. The van der Waals surface area contributed by atoms with Crippen LogP contribution in [0.4, 0.5) is 0 Å². The third-order valence-electron chi connectivity index (χ3n) is 2.93. The fourth-order valence-electron chi connectivity index (χ4n) is 2.01. The minimum atomic E-state index is 0.473. The Bertz CT molecular complexity index is 483. The zero-order chi connectivity index (χ0) is 11.0. The molecule has 2 aromatic rings. The smallest absolute Gasteiger partial charge is 0.132 e. The molecule has 0 N–H and O–H groups in total. The third-order valence-corrected chi connectivity index (χ3v) is 4.40. The van der Waals surface area contributed by atoms with Crippen LogP contribution in [-0.4, -0.2) is 10.2 Å². The highest BCUT2D eigenvalue weighted by Crippen LogP contribution is 2.55. The van der Waals surface area contributed by atoms with E-state index in [2.05, 4.69) is 40.5 Å². The zero-order valence-electron chi connectivity index (χ0n) is 8.64. The van der Waals surface area contributed by atoms with E-state index in [1.807, 2.05) is 0 Å². The van der Waals surface area contributed by atoms with Crippen molar-refractivity contribution in [2.75, 3.05) is 0 Å². The summed E-state index contributed by atoms with van der Waals surface area (Å²) in [7, 11) is 0. The van der Waals surface area contributed by atoms with Gasteiger partial charge in [0.15, 0.2) is 0 Å². The maximum absolute atomic E-state index is 5.73. The van der Waals surface area contributed by atoms with Crippen LogP contribution in [0.2, 0.25) is 0 Å². The molecule has 0 aliphatic heterocycles. The molecule has 1 aliphatic carbocycles. The fraction of sp³-hybridized carbons (Fsp3) is 0.333. The van der Waals surface area contributed by atoms with Crippen molar-refractivity contribution in [3.8, 4) is 0 Å². The largest absolute Gasteiger partial charge is 0.143 e. The number of aromatic nitrogens is 2. The van der Waals surface area contributed by atoms with Gasteiger partial charge in [-0.1, -0.05) is 41.7 Å². The lowest BCUT2D eigenvalue weighted by molar-refractivity contribution is 0.930. The van der Waals surface area contributed by atoms with Crippen LogP contribution in [0, 0.1) is 0 Å². The molecule has 4 heteroatoms. The van der Waals surface area contributed by atoms with Crippen molar-refractivity contribution in [2.45, 2.75) is 24.1 Å². The van der Waals surface area contributed by atoms with Gasteiger partial charge in [-0.05, 0) is 17.9 Å². The number of nitrogens with zero attached hydrogens (tertiary/aromatic N) is 2. The molecule has 82 valence electrons. The highest BCUT2D eigenvalue weighted by Gasteiger charge is 2.41. The maximum Gasteiger partial charge on any atom is 0.132 e. The average molecular weight is 251 g/mol.